The first-order chi connectivity index (χ1) is 9.20. The smallest absolute Gasteiger partial charge is 0.317 e. The average molecular weight is 347 g/mol. The normalized spacial score (nSPS) is 19.5. The van der Waals surface area contributed by atoms with Gasteiger partial charge in [-0.25, -0.2) is 4.79 Å². The zero-order chi connectivity index (χ0) is 13.7. The Balaban J connectivity index is 1.86. The molecule has 4 nitrogen and oxygen atoms in total. The summed E-state index contributed by atoms with van der Waals surface area (Å²) >= 11 is 5.03. The van der Waals surface area contributed by atoms with Gasteiger partial charge in [0.05, 0.1) is 6.54 Å². The van der Waals surface area contributed by atoms with Crippen molar-refractivity contribution in [2.24, 2.45) is 0 Å². The number of thiophene rings is 1. The van der Waals surface area contributed by atoms with Crippen molar-refractivity contribution >= 4 is 33.3 Å². The minimum absolute atomic E-state index is 0.0114. The van der Waals surface area contributed by atoms with E-state index in [0.717, 1.165) is 35.2 Å². The molecule has 106 valence electrons. The number of piperidine rings is 1. The molecule has 1 fully saturated rings. The van der Waals surface area contributed by atoms with E-state index in [9.17, 15) is 4.79 Å². The summed E-state index contributed by atoms with van der Waals surface area (Å²) in [7, 11) is 0. The molecule has 1 atom stereocenters. The maximum atomic E-state index is 12.2. The van der Waals surface area contributed by atoms with Crippen LogP contribution in [0.3, 0.4) is 0 Å². The fourth-order valence-corrected chi connectivity index (χ4v) is 3.82. The summed E-state index contributed by atoms with van der Waals surface area (Å²) in [5, 5.41) is 14.0. The summed E-state index contributed by atoms with van der Waals surface area (Å²) in [4.78, 5) is 15.2. The number of carbonyl (C=O) groups excluding carboxylic acids is 1. The van der Waals surface area contributed by atoms with Crippen LogP contribution < -0.4 is 5.32 Å². The molecule has 1 unspecified atom stereocenters. The first kappa shape index (κ1) is 14.8. The third-order valence-corrected chi connectivity index (χ3v) is 5.08. The highest BCUT2D eigenvalue weighted by Gasteiger charge is 2.25. The number of nitrogens with zero attached hydrogens (tertiary/aromatic N) is 1. The Bertz CT molecular complexity index is 423. The van der Waals surface area contributed by atoms with Crippen molar-refractivity contribution < 1.29 is 9.90 Å². The van der Waals surface area contributed by atoms with Gasteiger partial charge in [-0.05, 0) is 47.7 Å². The Kier molecular flexibility index (Phi) is 5.66. The Labute approximate surface area is 125 Å². The third kappa shape index (κ3) is 4.19. The standard InChI is InChI=1S/C13H19BrN2O2S/c14-10-7-12(19-9-10)8-15-13(18)16-5-2-1-3-11(16)4-6-17/h7,9,11,17H,1-6,8H2,(H,15,18). The fraction of sp³-hybridized carbons (Fsp3) is 0.615. The Morgan fingerprint density at radius 3 is 3.11 bits per heavy atom. The average Bonchev–Trinajstić information content (AvgIpc) is 2.83. The quantitative estimate of drug-likeness (QED) is 0.880. The van der Waals surface area contributed by atoms with Crippen LogP contribution in [-0.4, -0.2) is 35.2 Å². The van der Waals surface area contributed by atoms with Crippen molar-refractivity contribution in [2.45, 2.75) is 38.3 Å². The van der Waals surface area contributed by atoms with Crippen molar-refractivity contribution in [3.8, 4) is 0 Å². The minimum atomic E-state index is -0.0114. The van der Waals surface area contributed by atoms with Crippen molar-refractivity contribution in [3.63, 3.8) is 0 Å². The van der Waals surface area contributed by atoms with Crippen LogP contribution in [0.2, 0.25) is 0 Å². The highest BCUT2D eigenvalue weighted by molar-refractivity contribution is 9.10. The number of urea groups is 1. The Hall–Kier alpha value is -0.590. The second-order valence-corrected chi connectivity index (χ2v) is 6.66. The number of likely N-dealkylation sites (tertiary alicyclic amines) is 1. The van der Waals surface area contributed by atoms with Gasteiger partial charge in [-0.2, -0.15) is 0 Å². The van der Waals surface area contributed by atoms with E-state index in [1.165, 1.54) is 0 Å². The molecule has 19 heavy (non-hydrogen) atoms. The Morgan fingerprint density at radius 1 is 1.58 bits per heavy atom. The van der Waals surface area contributed by atoms with Gasteiger partial charge in [-0.1, -0.05) is 0 Å². The molecule has 2 amide bonds. The summed E-state index contributed by atoms with van der Waals surface area (Å²) in [6.45, 7) is 1.51. The van der Waals surface area contributed by atoms with Gasteiger partial charge in [0.2, 0.25) is 0 Å². The summed E-state index contributed by atoms with van der Waals surface area (Å²) in [5.74, 6) is 0. The van der Waals surface area contributed by atoms with E-state index in [-0.39, 0.29) is 18.7 Å². The molecule has 2 rings (SSSR count). The van der Waals surface area contributed by atoms with Crippen LogP contribution in [0.25, 0.3) is 0 Å². The minimum Gasteiger partial charge on any atom is -0.396 e. The molecule has 0 aromatic carbocycles. The van der Waals surface area contributed by atoms with E-state index in [4.69, 9.17) is 5.11 Å². The Morgan fingerprint density at radius 2 is 2.42 bits per heavy atom. The van der Waals surface area contributed by atoms with Gasteiger partial charge in [0, 0.05) is 33.9 Å². The first-order valence-electron chi connectivity index (χ1n) is 6.59. The zero-order valence-electron chi connectivity index (χ0n) is 10.8. The number of rotatable bonds is 4. The molecule has 6 heteroatoms. The molecule has 0 saturated carbocycles. The van der Waals surface area contributed by atoms with Crippen LogP contribution in [0.15, 0.2) is 15.9 Å². The number of aliphatic hydroxyl groups excluding tert-OH is 1. The van der Waals surface area contributed by atoms with E-state index in [0.29, 0.717) is 13.0 Å². The summed E-state index contributed by atoms with van der Waals surface area (Å²) in [5.41, 5.74) is 0. The second-order valence-electron chi connectivity index (χ2n) is 4.75. The molecule has 0 radical (unpaired) electrons. The lowest BCUT2D eigenvalue weighted by Gasteiger charge is -2.35. The lowest BCUT2D eigenvalue weighted by Crippen LogP contribution is -2.48. The molecule has 2 heterocycles. The molecule has 0 spiro atoms. The summed E-state index contributed by atoms with van der Waals surface area (Å²) in [6, 6.07) is 2.20. The predicted octanol–water partition coefficient (Wildman–Crippen LogP) is 2.96. The molecular formula is C13H19BrN2O2S. The lowest BCUT2D eigenvalue weighted by molar-refractivity contribution is 0.131. The van der Waals surface area contributed by atoms with Crippen LogP contribution >= 0.6 is 27.3 Å². The number of nitrogens with one attached hydrogen (secondary N) is 1. The third-order valence-electron chi connectivity index (χ3n) is 3.39. The molecule has 2 N–H and O–H groups in total. The molecule has 1 saturated heterocycles. The van der Waals surface area contributed by atoms with E-state index >= 15 is 0 Å². The number of hydrogen-bond acceptors (Lipinski definition) is 3. The fourth-order valence-electron chi connectivity index (χ4n) is 2.43. The van der Waals surface area contributed by atoms with Gasteiger partial charge < -0.3 is 15.3 Å². The van der Waals surface area contributed by atoms with E-state index in [1.54, 1.807) is 11.3 Å². The van der Waals surface area contributed by atoms with Crippen LogP contribution in [-0.2, 0) is 6.54 Å². The van der Waals surface area contributed by atoms with Gasteiger partial charge in [-0.3, -0.25) is 0 Å². The van der Waals surface area contributed by atoms with Crippen LogP contribution in [0.4, 0.5) is 4.79 Å². The summed E-state index contributed by atoms with van der Waals surface area (Å²) in [6.07, 6.45) is 3.88. The lowest BCUT2D eigenvalue weighted by atomic mass is 10.0. The summed E-state index contributed by atoms with van der Waals surface area (Å²) < 4.78 is 1.05. The topological polar surface area (TPSA) is 52.6 Å². The van der Waals surface area contributed by atoms with Crippen molar-refractivity contribution in [1.29, 1.82) is 0 Å². The first-order valence-corrected chi connectivity index (χ1v) is 8.26. The van der Waals surface area contributed by atoms with Crippen molar-refractivity contribution in [1.82, 2.24) is 10.2 Å². The van der Waals surface area contributed by atoms with Crippen molar-refractivity contribution in [3.05, 3.63) is 20.8 Å². The zero-order valence-corrected chi connectivity index (χ0v) is 13.2. The number of aliphatic hydroxyl groups is 1. The molecule has 1 aromatic heterocycles. The molecule has 1 aromatic rings. The highest BCUT2D eigenvalue weighted by Crippen LogP contribution is 2.21. The van der Waals surface area contributed by atoms with Crippen LogP contribution in [0.5, 0.6) is 0 Å². The van der Waals surface area contributed by atoms with Crippen LogP contribution in [0, 0.1) is 0 Å². The number of halogens is 1. The number of amides is 2. The number of hydrogen-bond donors (Lipinski definition) is 2. The maximum absolute atomic E-state index is 12.2. The van der Waals surface area contributed by atoms with Gasteiger partial charge >= 0.3 is 6.03 Å². The van der Waals surface area contributed by atoms with Gasteiger partial charge in [0.25, 0.3) is 0 Å². The molecule has 0 aliphatic carbocycles. The second kappa shape index (κ2) is 7.26. The number of carbonyl (C=O) groups is 1. The molecular weight excluding hydrogens is 328 g/mol. The largest absolute Gasteiger partial charge is 0.396 e. The van der Waals surface area contributed by atoms with E-state index in [2.05, 4.69) is 21.2 Å². The van der Waals surface area contributed by atoms with Crippen molar-refractivity contribution in [2.75, 3.05) is 13.2 Å². The van der Waals surface area contributed by atoms with Gasteiger partial charge in [0.15, 0.2) is 0 Å². The molecule has 0 bridgehead atoms. The van der Waals surface area contributed by atoms with Gasteiger partial charge in [0.1, 0.15) is 0 Å². The monoisotopic (exact) mass is 346 g/mol. The van der Waals surface area contributed by atoms with E-state index in [1.807, 2.05) is 16.3 Å². The predicted molar refractivity (Wildman–Crippen MR) is 80.3 cm³/mol. The van der Waals surface area contributed by atoms with E-state index < -0.39 is 0 Å². The molecule has 1 aliphatic heterocycles. The maximum Gasteiger partial charge on any atom is 0.317 e. The van der Waals surface area contributed by atoms with Crippen LogP contribution in [0.1, 0.15) is 30.6 Å². The molecule has 1 aliphatic rings. The highest BCUT2D eigenvalue weighted by atomic mass is 79.9. The SMILES string of the molecule is O=C(NCc1cc(Br)cs1)N1CCCCC1CCO. The van der Waals surface area contributed by atoms with Gasteiger partial charge in [-0.15, -0.1) is 11.3 Å².